The third kappa shape index (κ3) is 7.57. The fourth-order valence-electron chi connectivity index (χ4n) is 0.766. The lowest BCUT2D eigenvalue weighted by molar-refractivity contribution is -0.0837. The molecule has 0 saturated carbocycles. The van der Waals surface area contributed by atoms with Gasteiger partial charge in [0.05, 0.1) is 31.0 Å². The lowest BCUT2D eigenvalue weighted by atomic mass is 10.0. The van der Waals surface area contributed by atoms with Crippen molar-refractivity contribution < 1.29 is 14.6 Å². The number of aliphatic hydroxyl groups is 1. The molecule has 0 spiro atoms. The Balaban J connectivity index is 4.24. The van der Waals surface area contributed by atoms with Gasteiger partial charge in [-0.05, 0) is 34.6 Å². The van der Waals surface area contributed by atoms with Crippen LogP contribution in [-0.2, 0) is 9.47 Å². The molecule has 0 bridgehead atoms. The molecule has 1 atom stereocenters. The number of rotatable bonds is 7. The fraction of sp³-hybridized carbons (Fsp3) is 0.833. The number of halogens is 2. The predicted octanol–water partition coefficient (Wildman–Crippen LogP) is 3.59. The summed E-state index contributed by atoms with van der Waals surface area (Å²) in [5, 5.41) is 9.52. The molecule has 0 aliphatic carbocycles. The van der Waals surface area contributed by atoms with Crippen molar-refractivity contribution in [3.8, 4) is 0 Å². The Morgan fingerprint density at radius 1 is 1.12 bits per heavy atom. The summed E-state index contributed by atoms with van der Waals surface area (Å²) in [6.07, 6.45) is -0.328. The zero-order valence-corrected chi connectivity index (χ0v) is 14.3. The van der Waals surface area contributed by atoms with Crippen LogP contribution in [0.4, 0.5) is 0 Å². The van der Waals surface area contributed by atoms with E-state index in [0.29, 0.717) is 13.2 Å². The van der Waals surface area contributed by atoms with E-state index in [0.717, 1.165) is 8.96 Å². The highest BCUT2D eigenvalue weighted by molar-refractivity contribution is 9.14. The van der Waals surface area contributed by atoms with Crippen molar-refractivity contribution in [2.75, 3.05) is 13.2 Å². The Kier molecular flexibility index (Phi) is 8.16. The van der Waals surface area contributed by atoms with Crippen LogP contribution in [0.5, 0.6) is 0 Å². The minimum Gasteiger partial charge on any atom is -0.390 e. The zero-order chi connectivity index (χ0) is 13.6. The summed E-state index contributed by atoms with van der Waals surface area (Å²) in [5.74, 6) is 0. The summed E-state index contributed by atoms with van der Waals surface area (Å²) in [6, 6.07) is 0. The maximum absolute atomic E-state index is 9.52. The third-order valence-corrected chi connectivity index (χ3v) is 4.36. The first-order chi connectivity index (χ1) is 7.66. The molecule has 17 heavy (non-hydrogen) atoms. The van der Waals surface area contributed by atoms with Crippen LogP contribution < -0.4 is 0 Å². The zero-order valence-electron chi connectivity index (χ0n) is 11.1. The monoisotopic (exact) mass is 372 g/mol. The van der Waals surface area contributed by atoms with Gasteiger partial charge in [0.1, 0.15) is 0 Å². The van der Waals surface area contributed by atoms with E-state index in [1.165, 1.54) is 0 Å². The van der Waals surface area contributed by atoms with Crippen molar-refractivity contribution in [2.45, 2.75) is 52.4 Å². The van der Waals surface area contributed by atoms with E-state index in [1.54, 1.807) is 6.92 Å². The van der Waals surface area contributed by atoms with Crippen LogP contribution in [0.2, 0.25) is 0 Å². The van der Waals surface area contributed by atoms with E-state index in [4.69, 9.17) is 9.47 Å². The van der Waals surface area contributed by atoms with Crippen LogP contribution in [0.15, 0.2) is 8.96 Å². The fourth-order valence-corrected chi connectivity index (χ4v) is 1.24. The SMILES string of the molecule is CC(C)OC/C(Br)=C(\Br)COC(C)(C)C(C)O. The largest absolute Gasteiger partial charge is 0.390 e. The highest BCUT2D eigenvalue weighted by Crippen LogP contribution is 2.23. The second-order valence-corrected chi connectivity index (χ2v) is 6.65. The standard InChI is InChI=1S/C12H22Br2O3/c1-8(2)16-6-10(13)11(14)7-17-12(4,5)9(3)15/h8-9,15H,6-7H2,1-5H3/b11-10+. The van der Waals surface area contributed by atoms with Crippen molar-refractivity contribution in [1.82, 2.24) is 0 Å². The average molecular weight is 374 g/mol. The molecule has 3 nitrogen and oxygen atoms in total. The van der Waals surface area contributed by atoms with Gasteiger partial charge < -0.3 is 14.6 Å². The first-order valence-electron chi connectivity index (χ1n) is 5.63. The summed E-state index contributed by atoms with van der Waals surface area (Å²) in [6.45, 7) is 10.3. The number of aliphatic hydroxyl groups excluding tert-OH is 1. The first kappa shape index (κ1) is 17.6. The highest BCUT2D eigenvalue weighted by Gasteiger charge is 2.25. The predicted molar refractivity (Wildman–Crippen MR) is 77.7 cm³/mol. The molecule has 0 amide bonds. The summed E-state index contributed by atoms with van der Waals surface area (Å²) in [7, 11) is 0. The van der Waals surface area contributed by atoms with Crippen LogP contribution in [0.25, 0.3) is 0 Å². The molecule has 0 rings (SSSR count). The van der Waals surface area contributed by atoms with Gasteiger partial charge in [0.2, 0.25) is 0 Å². The van der Waals surface area contributed by atoms with Gasteiger partial charge in [-0.25, -0.2) is 0 Å². The average Bonchev–Trinajstić information content (AvgIpc) is 2.22. The molecule has 0 heterocycles. The van der Waals surface area contributed by atoms with Crippen LogP contribution in [0.1, 0.15) is 34.6 Å². The molecular formula is C12H22Br2O3. The van der Waals surface area contributed by atoms with E-state index in [-0.39, 0.29) is 6.10 Å². The van der Waals surface area contributed by atoms with E-state index in [9.17, 15) is 5.11 Å². The van der Waals surface area contributed by atoms with Gasteiger partial charge in [-0.1, -0.05) is 31.9 Å². The maximum Gasteiger partial charge on any atom is 0.0886 e. The van der Waals surface area contributed by atoms with Gasteiger partial charge in [0.25, 0.3) is 0 Å². The summed E-state index contributed by atoms with van der Waals surface area (Å²) < 4.78 is 12.9. The van der Waals surface area contributed by atoms with E-state index < -0.39 is 11.7 Å². The summed E-state index contributed by atoms with van der Waals surface area (Å²) in [4.78, 5) is 0. The Hall–Kier alpha value is 0.580. The minimum absolute atomic E-state index is 0.192. The smallest absolute Gasteiger partial charge is 0.0886 e. The molecule has 102 valence electrons. The van der Waals surface area contributed by atoms with Gasteiger partial charge >= 0.3 is 0 Å². The second kappa shape index (κ2) is 7.89. The number of ether oxygens (including phenoxy) is 2. The molecule has 0 aromatic rings. The molecular weight excluding hydrogens is 352 g/mol. The topological polar surface area (TPSA) is 38.7 Å². The van der Waals surface area contributed by atoms with Crippen molar-refractivity contribution in [3.05, 3.63) is 8.96 Å². The molecule has 1 unspecified atom stereocenters. The molecule has 0 fully saturated rings. The molecule has 0 radical (unpaired) electrons. The molecule has 0 aromatic heterocycles. The van der Waals surface area contributed by atoms with Crippen LogP contribution in [0, 0.1) is 0 Å². The Morgan fingerprint density at radius 3 is 2.00 bits per heavy atom. The van der Waals surface area contributed by atoms with Crippen molar-refractivity contribution in [2.24, 2.45) is 0 Å². The normalized spacial score (nSPS) is 16.1. The molecule has 0 saturated heterocycles. The molecule has 0 aliphatic rings. The van der Waals surface area contributed by atoms with Crippen molar-refractivity contribution in [1.29, 1.82) is 0 Å². The van der Waals surface area contributed by atoms with Gasteiger partial charge in [-0.3, -0.25) is 0 Å². The number of hydrogen-bond donors (Lipinski definition) is 1. The molecule has 5 heteroatoms. The second-order valence-electron chi connectivity index (χ2n) is 4.74. The highest BCUT2D eigenvalue weighted by atomic mass is 79.9. The number of hydrogen-bond acceptors (Lipinski definition) is 3. The van der Waals surface area contributed by atoms with E-state index in [2.05, 4.69) is 31.9 Å². The lowest BCUT2D eigenvalue weighted by Gasteiger charge is -2.28. The molecule has 0 aliphatic heterocycles. The van der Waals surface area contributed by atoms with Gasteiger partial charge in [0.15, 0.2) is 0 Å². The van der Waals surface area contributed by atoms with Crippen molar-refractivity contribution >= 4 is 31.9 Å². The summed E-state index contributed by atoms with van der Waals surface area (Å²) in [5.41, 5.74) is -0.564. The van der Waals surface area contributed by atoms with Gasteiger partial charge in [-0.2, -0.15) is 0 Å². The Morgan fingerprint density at radius 2 is 1.59 bits per heavy atom. The maximum atomic E-state index is 9.52. The quantitative estimate of drug-likeness (QED) is 0.741. The van der Waals surface area contributed by atoms with Crippen LogP contribution in [-0.4, -0.2) is 36.1 Å². The van der Waals surface area contributed by atoms with Crippen LogP contribution in [0.3, 0.4) is 0 Å². The Bertz CT molecular complexity index is 260. The minimum atomic E-state index is -0.564. The summed E-state index contributed by atoms with van der Waals surface area (Å²) >= 11 is 6.88. The molecule has 0 aromatic carbocycles. The van der Waals surface area contributed by atoms with Gasteiger partial charge in [0, 0.05) is 8.96 Å². The lowest BCUT2D eigenvalue weighted by Crippen LogP contribution is -2.37. The van der Waals surface area contributed by atoms with E-state index in [1.807, 2.05) is 27.7 Å². The first-order valence-corrected chi connectivity index (χ1v) is 7.22. The van der Waals surface area contributed by atoms with Crippen LogP contribution >= 0.6 is 31.9 Å². The van der Waals surface area contributed by atoms with Gasteiger partial charge in [-0.15, -0.1) is 0 Å². The van der Waals surface area contributed by atoms with Crippen molar-refractivity contribution in [3.63, 3.8) is 0 Å². The third-order valence-electron chi connectivity index (χ3n) is 2.41. The Labute approximate surface area is 121 Å². The van der Waals surface area contributed by atoms with E-state index >= 15 is 0 Å². The molecule has 1 N–H and O–H groups in total.